The topological polar surface area (TPSA) is 134 Å². The van der Waals surface area contributed by atoms with Crippen LogP contribution in [-0.2, 0) is 18.9 Å². The molecule has 0 saturated heterocycles. The Hall–Kier alpha value is -5.11. The summed E-state index contributed by atoms with van der Waals surface area (Å²) in [6.07, 6.45) is 14.2. The molecule has 0 fully saturated rings. The molecule has 5 aromatic rings. The van der Waals surface area contributed by atoms with Crippen molar-refractivity contribution in [3.05, 3.63) is 84.7 Å². The summed E-state index contributed by atoms with van der Waals surface area (Å²) in [6, 6.07) is 20.8. The first-order valence-corrected chi connectivity index (χ1v) is 20.5. The molecule has 1 aliphatic rings. The first-order valence-electron chi connectivity index (χ1n) is 20.5. The van der Waals surface area contributed by atoms with Gasteiger partial charge in [0.1, 0.15) is 42.2 Å². The molecule has 3 aromatic carbocycles. The number of hydrogen-bond acceptors (Lipinski definition) is 11. The molecule has 13 nitrogen and oxygen atoms in total. The molecule has 3 heterocycles. The van der Waals surface area contributed by atoms with Crippen LogP contribution in [0.1, 0.15) is 88.4 Å². The number of aromatic nitrogens is 6. The average molecular weight is 781 g/mol. The third kappa shape index (κ3) is 13.0. The predicted octanol–water partition coefficient (Wildman–Crippen LogP) is 8.47. The summed E-state index contributed by atoms with van der Waals surface area (Å²) in [5.41, 5.74) is 4.52. The van der Waals surface area contributed by atoms with Gasteiger partial charge in [-0.05, 0) is 68.1 Å². The second-order valence-corrected chi connectivity index (χ2v) is 14.2. The van der Waals surface area contributed by atoms with Gasteiger partial charge in [0.2, 0.25) is 0 Å². The highest BCUT2D eigenvalue weighted by atomic mass is 16.6. The maximum Gasteiger partial charge on any atom is 0.338 e. The molecule has 0 N–H and O–H groups in total. The van der Waals surface area contributed by atoms with Crippen molar-refractivity contribution in [3.63, 3.8) is 0 Å². The van der Waals surface area contributed by atoms with E-state index in [1.165, 1.54) is 12.8 Å². The number of unbranched alkanes of at least 4 members (excludes halogenated alkanes) is 6. The van der Waals surface area contributed by atoms with Crippen LogP contribution in [0.3, 0.4) is 0 Å². The Balaban J connectivity index is 1.30. The van der Waals surface area contributed by atoms with Crippen LogP contribution in [0.2, 0.25) is 0 Å². The SMILES string of the molecule is CCCCCCC(CCCCCC)OC(=O)c1cc2cc(c1)-c1cn(nn1)-c1cccc(c1)OCCOCCOCCOCCOc1cccc(c1)-n1cc-2nn1. The van der Waals surface area contributed by atoms with Gasteiger partial charge in [0.15, 0.2) is 0 Å². The third-order valence-corrected chi connectivity index (χ3v) is 9.68. The molecule has 0 aliphatic carbocycles. The van der Waals surface area contributed by atoms with Crippen LogP contribution in [0, 0.1) is 0 Å². The van der Waals surface area contributed by atoms with Crippen molar-refractivity contribution < 1.29 is 33.2 Å². The highest BCUT2D eigenvalue weighted by molar-refractivity contribution is 5.93. The third-order valence-electron chi connectivity index (χ3n) is 9.68. The Morgan fingerprint density at radius 3 is 1.56 bits per heavy atom. The van der Waals surface area contributed by atoms with Gasteiger partial charge in [0.05, 0.1) is 69.0 Å². The summed E-state index contributed by atoms with van der Waals surface area (Å²) < 4.78 is 38.5. The zero-order chi connectivity index (χ0) is 39.5. The van der Waals surface area contributed by atoms with Crippen LogP contribution in [0.25, 0.3) is 33.9 Å². The minimum absolute atomic E-state index is 0.145. The Morgan fingerprint density at radius 1 is 0.614 bits per heavy atom. The molecule has 57 heavy (non-hydrogen) atoms. The highest BCUT2D eigenvalue weighted by Gasteiger charge is 2.20. The molecule has 0 amide bonds. The minimum Gasteiger partial charge on any atom is -0.491 e. The number of nitrogens with zero attached hydrogens (tertiary/aromatic N) is 6. The summed E-state index contributed by atoms with van der Waals surface area (Å²) >= 11 is 0. The minimum atomic E-state index is -0.366. The van der Waals surface area contributed by atoms with E-state index in [1.807, 2.05) is 79.1 Å². The van der Waals surface area contributed by atoms with Gasteiger partial charge in [-0.1, -0.05) is 74.9 Å². The maximum absolute atomic E-state index is 14.0. The monoisotopic (exact) mass is 780 g/mol. The van der Waals surface area contributed by atoms with Crippen molar-refractivity contribution in [2.24, 2.45) is 0 Å². The van der Waals surface area contributed by atoms with Crippen molar-refractivity contribution in [3.8, 4) is 45.4 Å². The zero-order valence-electron chi connectivity index (χ0n) is 33.4. The van der Waals surface area contributed by atoms with E-state index in [2.05, 4.69) is 34.5 Å². The molecule has 10 bridgehead atoms. The number of fused-ring (bicyclic) bond motifs is 14. The maximum atomic E-state index is 14.0. The van der Waals surface area contributed by atoms with E-state index in [0.717, 1.165) is 62.7 Å². The lowest BCUT2D eigenvalue weighted by Gasteiger charge is -2.18. The van der Waals surface area contributed by atoms with E-state index < -0.39 is 0 Å². The van der Waals surface area contributed by atoms with Crippen molar-refractivity contribution in [1.29, 1.82) is 0 Å². The Kier molecular flexibility index (Phi) is 16.5. The lowest BCUT2D eigenvalue weighted by molar-refractivity contribution is 0.00499. The number of hydrogen-bond donors (Lipinski definition) is 0. The summed E-state index contributed by atoms with van der Waals surface area (Å²) in [7, 11) is 0. The summed E-state index contributed by atoms with van der Waals surface area (Å²) in [5, 5.41) is 18.0. The lowest BCUT2D eigenvalue weighted by Crippen LogP contribution is -2.19. The summed E-state index contributed by atoms with van der Waals surface area (Å²) in [6.45, 7) is 7.85. The molecule has 2 aromatic heterocycles. The van der Waals surface area contributed by atoms with Crippen molar-refractivity contribution >= 4 is 5.97 Å². The van der Waals surface area contributed by atoms with E-state index in [4.69, 9.17) is 28.4 Å². The van der Waals surface area contributed by atoms with Crippen LogP contribution in [-0.4, -0.2) is 94.9 Å². The average Bonchev–Trinajstić information content (AvgIpc) is 3.94. The normalized spacial score (nSPS) is 14.2. The van der Waals surface area contributed by atoms with Crippen LogP contribution < -0.4 is 9.47 Å². The van der Waals surface area contributed by atoms with E-state index in [0.29, 0.717) is 92.4 Å². The summed E-state index contributed by atoms with van der Waals surface area (Å²) in [5.74, 6) is 0.992. The fourth-order valence-corrected chi connectivity index (χ4v) is 6.58. The second kappa shape index (κ2) is 22.6. The highest BCUT2D eigenvalue weighted by Crippen LogP contribution is 2.29. The van der Waals surface area contributed by atoms with Crippen LogP contribution in [0.5, 0.6) is 11.5 Å². The first kappa shape index (κ1) is 41.5. The molecule has 1 aliphatic heterocycles. The molecule has 304 valence electrons. The number of rotatable bonds is 12. The van der Waals surface area contributed by atoms with Gasteiger partial charge in [-0.15, -0.1) is 10.2 Å². The fourth-order valence-electron chi connectivity index (χ4n) is 6.58. The first-order chi connectivity index (χ1) is 28.1. The van der Waals surface area contributed by atoms with Crippen molar-refractivity contribution in [2.75, 3.05) is 52.9 Å². The van der Waals surface area contributed by atoms with Gasteiger partial charge >= 0.3 is 5.97 Å². The van der Waals surface area contributed by atoms with Gasteiger partial charge in [0.25, 0.3) is 0 Å². The number of esters is 1. The van der Waals surface area contributed by atoms with E-state index >= 15 is 0 Å². The molecule has 0 atom stereocenters. The number of carbonyl (C=O) groups excluding carboxylic acids is 1. The van der Waals surface area contributed by atoms with Gasteiger partial charge < -0.3 is 28.4 Å². The summed E-state index contributed by atoms with van der Waals surface area (Å²) in [4.78, 5) is 14.0. The fraction of sp³-hybridized carbons (Fsp3) is 0.477. The predicted molar refractivity (Wildman–Crippen MR) is 217 cm³/mol. The van der Waals surface area contributed by atoms with Crippen molar-refractivity contribution in [2.45, 2.75) is 84.2 Å². The largest absolute Gasteiger partial charge is 0.491 e. The zero-order valence-corrected chi connectivity index (χ0v) is 33.4. The molecule has 13 heteroatoms. The molecule has 0 saturated carbocycles. The molecule has 0 spiro atoms. The Morgan fingerprint density at radius 2 is 1.09 bits per heavy atom. The standard InChI is InChI=1S/C44H56N6O7/c1-3-5-7-9-15-39(16-10-8-6-4-2)57-44(51)36-28-34-27-35(29-36)43-33-50(48-46-43)38-14-12-18-41(31-38)56-26-24-54-22-20-52-19-21-53-23-25-55-40-17-11-13-37(30-40)49-32-42(34)45-47-49/h11-14,17-18,27-33,39H,3-10,15-16,19-26H2,1-2H3. The number of benzene rings is 3. The smallest absolute Gasteiger partial charge is 0.338 e. The van der Waals surface area contributed by atoms with Crippen LogP contribution in [0.15, 0.2) is 79.1 Å². The van der Waals surface area contributed by atoms with Crippen molar-refractivity contribution in [1.82, 2.24) is 30.0 Å². The van der Waals surface area contributed by atoms with E-state index in [1.54, 1.807) is 9.36 Å². The molecular weight excluding hydrogens is 725 g/mol. The second-order valence-electron chi connectivity index (χ2n) is 14.2. The molecule has 0 unspecified atom stereocenters. The lowest BCUT2D eigenvalue weighted by atomic mass is 10.0. The van der Waals surface area contributed by atoms with Crippen LogP contribution >= 0.6 is 0 Å². The van der Waals surface area contributed by atoms with E-state index in [-0.39, 0.29) is 12.1 Å². The van der Waals surface area contributed by atoms with Gasteiger partial charge in [-0.2, -0.15) is 0 Å². The quantitative estimate of drug-likeness (QED) is 0.0892. The van der Waals surface area contributed by atoms with Gasteiger partial charge in [0, 0.05) is 23.3 Å². The van der Waals surface area contributed by atoms with E-state index in [9.17, 15) is 4.79 Å². The molecular formula is C44H56N6O7. The Bertz CT molecular complexity index is 1840. The number of ether oxygens (including phenoxy) is 6. The van der Waals surface area contributed by atoms with Gasteiger partial charge in [-0.3, -0.25) is 0 Å². The van der Waals surface area contributed by atoms with Crippen LogP contribution in [0.4, 0.5) is 0 Å². The number of carbonyl (C=O) groups is 1. The molecule has 0 radical (unpaired) electrons. The molecule has 6 rings (SSSR count). The van der Waals surface area contributed by atoms with Gasteiger partial charge in [-0.25, -0.2) is 14.2 Å². The Labute approximate surface area is 335 Å².